The van der Waals surface area contributed by atoms with Crippen LogP contribution < -0.4 is 5.32 Å². The molecule has 4 rings (SSSR count). The van der Waals surface area contributed by atoms with Crippen LogP contribution >= 0.6 is 0 Å². The third kappa shape index (κ3) is 3.54. The van der Waals surface area contributed by atoms with Gasteiger partial charge in [-0.05, 0) is 24.3 Å². The van der Waals surface area contributed by atoms with Crippen molar-refractivity contribution in [2.24, 2.45) is 7.05 Å². The van der Waals surface area contributed by atoms with E-state index in [-0.39, 0.29) is 11.5 Å². The van der Waals surface area contributed by atoms with Gasteiger partial charge in [-0.25, -0.2) is 4.98 Å². The standard InChI is InChI=1S/C20H14F3N5O/c1-28-16(14-4-2-6-15-13(14)5-3-8-24-15)11-26-18(28)19(29)27-12-7-9-25-17(10-12)20(21,22)23/h2-11H,1H3,(H,25,27,29). The molecule has 29 heavy (non-hydrogen) atoms. The number of amides is 1. The van der Waals surface area contributed by atoms with Crippen LogP contribution in [0.1, 0.15) is 16.3 Å². The lowest BCUT2D eigenvalue weighted by molar-refractivity contribution is -0.141. The summed E-state index contributed by atoms with van der Waals surface area (Å²) in [5.41, 5.74) is 1.22. The van der Waals surface area contributed by atoms with E-state index in [9.17, 15) is 18.0 Å². The summed E-state index contributed by atoms with van der Waals surface area (Å²) in [6.07, 6.45) is -0.368. The molecular formula is C20H14F3N5O. The Bertz CT molecular complexity index is 1210. The van der Waals surface area contributed by atoms with Gasteiger partial charge in [0.25, 0.3) is 5.91 Å². The number of imidazole rings is 1. The van der Waals surface area contributed by atoms with Gasteiger partial charge in [0.05, 0.1) is 17.4 Å². The number of aromatic nitrogens is 4. The van der Waals surface area contributed by atoms with Gasteiger partial charge < -0.3 is 9.88 Å². The van der Waals surface area contributed by atoms with E-state index in [1.54, 1.807) is 24.0 Å². The first-order valence-corrected chi connectivity index (χ1v) is 8.55. The van der Waals surface area contributed by atoms with E-state index < -0.39 is 17.8 Å². The van der Waals surface area contributed by atoms with Crippen molar-refractivity contribution in [3.05, 3.63) is 72.6 Å². The van der Waals surface area contributed by atoms with Crippen molar-refractivity contribution in [2.45, 2.75) is 6.18 Å². The maximum Gasteiger partial charge on any atom is 0.433 e. The van der Waals surface area contributed by atoms with Crippen LogP contribution in [0.15, 0.2) is 61.1 Å². The topological polar surface area (TPSA) is 72.7 Å². The average molecular weight is 397 g/mol. The van der Waals surface area contributed by atoms with Crippen LogP contribution in [0.3, 0.4) is 0 Å². The Balaban J connectivity index is 1.66. The van der Waals surface area contributed by atoms with E-state index in [4.69, 9.17) is 0 Å². The van der Waals surface area contributed by atoms with Crippen LogP contribution in [0.4, 0.5) is 18.9 Å². The zero-order valence-corrected chi connectivity index (χ0v) is 15.1. The van der Waals surface area contributed by atoms with Gasteiger partial charge in [-0.2, -0.15) is 13.2 Å². The molecule has 1 aromatic carbocycles. The number of carbonyl (C=O) groups excluding carboxylic acids is 1. The van der Waals surface area contributed by atoms with E-state index in [0.29, 0.717) is 5.69 Å². The first kappa shape index (κ1) is 18.6. The number of alkyl halides is 3. The maximum atomic E-state index is 12.8. The lowest BCUT2D eigenvalue weighted by Crippen LogP contribution is -2.18. The number of nitrogens with zero attached hydrogens (tertiary/aromatic N) is 4. The number of nitrogens with one attached hydrogen (secondary N) is 1. The molecule has 0 radical (unpaired) electrons. The number of anilines is 1. The fraction of sp³-hybridized carbons (Fsp3) is 0.100. The number of benzene rings is 1. The highest BCUT2D eigenvalue weighted by Gasteiger charge is 2.32. The number of pyridine rings is 2. The van der Waals surface area contributed by atoms with Crippen molar-refractivity contribution in [2.75, 3.05) is 5.32 Å². The molecule has 0 fully saturated rings. The van der Waals surface area contributed by atoms with Gasteiger partial charge >= 0.3 is 6.18 Å². The van der Waals surface area contributed by atoms with Crippen molar-refractivity contribution in [3.63, 3.8) is 0 Å². The van der Waals surface area contributed by atoms with Gasteiger partial charge in [-0.3, -0.25) is 14.8 Å². The van der Waals surface area contributed by atoms with Crippen molar-refractivity contribution in [1.29, 1.82) is 0 Å². The van der Waals surface area contributed by atoms with Crippen LogP contribution in [0.2, 0.25) is 0 Å². The number of rotatable bonds is 3. The minimum absolute atomic E-state index is 0.0174. The zero-order valence-electron chi connectivity index (χ0n) is 15.1. The Labute approximate surface area is 163 Å². The molecule has 0 aliphatic heterocycles. The molecule has 0 atom stereocenters. The van der Waals surface area contributed by atoms with E-state index in [1.165, 1.54) is 6.07 Å². The lowest BCUT2D eigenvalue weighted by Gasteiger charge is -2.10. The zero-order chi connectivity index (χ0) is 20.6. The second-order valence-electron chi connectivity index (χ2n) is 6.28. The van der Waals surface area contributed by atoms with Gasteiger partial charge in [0.15, 0.2) is 5.82 Å². The molecule has 3 heterocycles. The summed E-state index contributed by atoms with van der Waals surface area (Å²) in [7, 11) is 1.67. The second kappa shape index (κ2) is 7.01. The smallest absolute Gasteiger partial charge is 0.323 e. The first-order chi connectivity index (χ1) is 13.8. The summed E-state index contributed by atoms with van der Waals surface area (Å²) in [4.78, 5) is 24.3. The number of halogens is 3. The number of hydrogen-bond donors (Lipinski definition) is 1. The molecule has 0 saturated heterocycles. The SMILES string of the molecule is Cn1c(-c2cccc3ncccc23)cnc1C(=O)Nc1ccnc(C(F)(F)F)c1. The molecule has 0 saturated carbocycles. The Morgan fingerprint density at radius 1 is 1.03 bits per heavy atom. The van der Waals surface area contributed by atoms with Crippen molar-refractivity contribution in [3.8, 4) is 11.3 Å². The molecule has 4 aromatic rings. The summed E-state index contributed by atoms with van der Waals surface area (Å²) >= 11 is 0. The minimum Gasteiger partial charge on any atom is -0.323 e. The summed E-state index contributed by atoms with van der Waals surface area (Å²) in [5.74, 6) is -0.567. The third-order valence-electron chi connectivity index (χ3n) is 4.42. The highest BCUT2D eigenvalue weighted by Crippen LogP contribution is 2.30. The number of hydrogen-bond acceptors (Lipinski definition) is 4. The third-order valence-corrected chi connectivity index (χ3v) is 4.42. The lowest BCUT2D eigenvalue weighted by atomic mass is 10.1. The predicted molar refractivity (Wildman–Crippen MR) is 101 cm³/mol. The van der Waals surface area contributed by atoms with Gasteiger partial charge in [-0.1, -0.05) is 18.2 Å². The molecule has 146 valence electrons. The van der Waals surface area contributed by atoms with Crippen LogP contribution in [-0.4, -0.2) is 25.4 Å². The first-order valence-electron chi connectivity index (χ1n) is 8.55. The van der Waals surface area contributed by atoms with Crippen LogP contribution in [0, 0.1) is 0 Å². The normalized spacial score (nSPS) is 11.6. The molecule has 0 bridgehead atoms. The van der Waals surface area contributed by atoms with Gasteiger partial charge in [0.1, 0.15) is 5.69 Å². The van der Waals surface area contributed by atoms with E-state index in [2.05, 4.69) is 20.3 Å². The Morgan fingerprint density at radius 2 is 1.86 bits per heavy atom. The minimum atomic E-state index is -4.60. The molecule has 0 unspecified atom stereocenters. The quantitative estimate of drug-likeness (QED) is 0.559. The summed E-state index contributed by atoms with van der Waals surface area (Å²) < 4.78 is 40.0. The number of fused-ring (bicyclic) bond motifs is 1. The van der Waals surface area contributed by atoms with Crippen molar-refractivity contribution >= 4 is 22.5 Å². The Hall–Kier alpha value is -3.75. The van der Waals surface area contributed by atoms with Crippen LogP contribution in [0.5, 0.6) is 0 Å². The fourth-order valence-electron chi connectivity index (χ4n) is 3.05. The Kier molecular flexibility index (Phi) is 4.50. The number of carbonyl (C=O) groups is 1. The molecule has 0 aliphatic carbocycles. The van der Waals surface area contributed by atoms with E-state index in [1.807, 2.05) is 30.3 Å². The van der Waals surface area contributed by atoms with Crippen LogP contribution in [-0.2, 0) is 13.2 Å². The maximum absolute atomic E-state index is 12.8. The highest BCUT2D eigenvalue weighted by molar-refractivity contribution is 6.03. The molecule has 9 heteroatoms. The molecule has 1 N–H and O–H groups in total. The molecule has 6 nitrogen and oxygen atoms in total. The molecular weight excluding hydrogens is 383 g/mol. The molecule has 1 amide bonds. The van der Waals surface area contributed by atoms with Crippen LogP contribution in [0.25, 0.3) is 22.2 Å². The highest BCUT2D eigenvalue weighted by atomic mass is 19.4. The monoisotopic (exact) mass is 397 g/mol. The summed E-state index contributed by atoms with van der Waals surface area (Å²) in [6, 6.07) is 11.4. The van der Waals surface area contributed by atoms with Crippen molar-refractivity contribution < 1.29 is 18.0 Å². The molecule has 0 spiro atoms. The average Bonchev–Trinajstić information content (AvgIpc) is 3.08. The molecule has 0 aliphatic rings. The van der Waals surface area contributed by atoms with Gasteiger partial charge in [0, 0.05) is 36.1 Å². The van der Waals surface area contributed by atoms with Crippen molar-refractivity contribution in [1.82, 2.24) is 19.5 Å². The molecule has 3 aromatic heterocycles. The largest absolute Gasteiger partial charge is 0.433 e. The van der Waals surface area contributed by atoms with E-state index in [0.717, 1.165) is 28.7 Å². The van der Waals surface area contributed by atoms with Gasteiger partial charge in [0.2, 0.25) is 0 Å². The summed E-state index contributed by atoms with van der Waals surface area (Å²) in [6.45, 7) is 0. The predicted octanol–water partition coefficient (Wildman–Crippen LogP) is 4.30. The second-order valence-corrected chi connectivity index (χ2v) is 6.28. The van der Waals surface area contributed by atoms with Gasteiger partial charge in [-0.15, -0.1) is 0 Å². The van der Waals surface area contributed by atoms with E-state index >= 15 is 0 Å². The Morgan fingerprint density at radius 3 is 2.66 bits per heavy atom. The summed E-state index contributed by atoms with van der Waals surface area (Å²) in [5, 5.41) is 3.34. The fourth-order valence-corrected chi connectivity index (χ4v) is 3.05.